The van der Waals surface area contributed by atoms with E-state index in [1.165, 1.54) is 0 Å². The van der Waals surface area contributed by atoms with Crippen LogP contribution in [0.3, 0.4) is 0 Å². The predicted octanol–water partition coefficient (Wildman–Crippen LogP) is 4.94. The average Bonchev–Trinajstić information content (AvgIpc) is 2.80. The van der Waals surface area contributed by atoms with E-state index in [0.29, 0.717) is 12.3 Å². The SMILES string of the molecule is O=C(Oc1c2ccccc2cc2ccccc12)c1c[n+](Cc2ccccc2)ccn1. The van der Waals surface area contributed by atoms with Crippen molar-refractivity contribution in [3.63, 3.8) is 0 Å². The third kappa shape index (κ3) is 3.51. The highest BCUT2D eigenvalue weighted by Crippen LogP contribution is 2.35. The van der Waals surface area contributed by atoms with Crippen LogP contribution in [0.2, 0.25) is 0 Å². The molecule has 1 heterocycles. The lowest BCUT2D eigenvalue weighted by atomic mass is 10.0. The molecule has 4 heteroatoms. The van der Waals surface area contributed by atoms with Crippen LogP contribution in [0.5, 0.6) is 5.75 Å². The summed E-state index contributed by atoms with van der Waals surface area (Å²) in [7, 11) is 0. The van der Waals surface area contributed by atoms with Gasteiger partial charge in [-0.2, -0.15) is 4.57 Å². The first-order valence-corrected chi connectivity index (χ1v) is 9.80. The molecule has 5 aromatic rings. The first kappa shape index (κ1) is 18.0. The molecule has 0 aliphatic rings. The molecule has 0 fully saturated rings. The Hall–Kier alpha value is -4.05. The molecule has 0 bridgehead atoms. The van der Waals surface area contributed by atoms with Gasteiger partial charge in [-0.15, -0.1) is 0 Å². The van der Waals surface area contributed by atoms with E-state index in [0.717, 1.165) is 27.1 Å². The van der Waals surface area contributed by atoms with Crippen LogP contribution in [0.25, 0.3) is 21.5 Å². The van der Waals surface area contributed by atoms with Gasteiger partial charge in [0.05, 0.1) is 6.20 Å². The molecular weight excluding hydrogens is 372 g/mol. The summed E-state index contributed by atoms with van der Waals surface area (Å²) in [6.45, 7) is 0.654. The topological polar surface area (TPSA) is 43.1 Å². The van der Waals surface area contributed by atoms with Crippen molar-refractivity contribution in [1.29, 1.82) is 0 Å². The highest BCUT2D eigenvalue weighted by atomic mass is 16.5. The van der Waals surface area contributed by atoms with Crippen molar-refractivity contribution in [2.45, 2.75) is 6.54 Å². The molecule has 0 radical (unpaired) electrons. The zero-order valence-corrected chi connectivity index (χ0v) is 16.2. The molecule has 0 atom stereocenters. The summed E-state index contributed by atoms with van der Waals surface area (Å²) in [5.74, 6) is 0.0906. The first-order valence-electron chi connectivity index (χ1n) is 9.80. The largest absolute Gasteiger partial charge is 0.420 e. The van der Waals surface area contributed by atoms with Crippen molar-refractivity contribution >= 4 is 27.5 Å². The Morgan fingerprint density at radius 3 is 2.17 bits per heavy atom. The van der Waals surface area contributed by atoms with Gasteiger partial charge in [-0.25, -0.2) is 9.78 Å². The molecule has 4 nitrogen and oxygen atoms in total. The van der Waals surface area contributed by atoms with Gasteiger partial charge in [0.2, 0.25) is 11.9 Å². The van der Waals surface area contributed by atoms with Gasteiger partial charge < -0.3 is 4.74 Å². The molecule has 1 aromatic heterocycles. The number of carbonyl (C=O) groups excluding carboxylic acids is 1. The normalized spacial score (nSPS) is 10.9. The number of rotatable bonds is 4. The van der Waals surface area contributed by atoms with E-state index in [4.69, 9.17) is 4.74 Å². The summed E-state index contributed by atoms with van der Waals surface area (Å²) in [6, 6.07) is 28.0. The summed E-state index contributed by atoms with van der Waals surface area (Å²) in [5, 5.41) is 3.86. The Morgan fingerprint density at radius 1 is 0.833 bits per heavy atom. The van der Waals surface area contributed by atoms with Crippen molar-refractivity contribution < 1.29 is 14.1 Å². The van der Waals surface area contributed by atoms with Crippen LogP contribution in [0.4, 0.5) is 0 Å². The molecule has 4 aromatic carbocycles. The van der Waals surface area contributed by atoms with E-state index in [1.807, 2.05) is 89.6 Å². The van der Waals surface area contributed by atoms with E-state index >= 15 is 0 Å². The van der Waals surface area contributed by atoms with Crippen LogP contribution in [-0.4, -0.2) is 11.0 Å². The second-order valence-corrected chi connectivity index (χ2v) is 7.14. The molecule has 0 saturated carbocycles. The fourth-order valence-electron chi connectivity index (χ4n) is 3.66. The molecule has 0 aliphatic carbocycles. The van der Waals surface area contributed by atoms with E-state index in [-0.39, 0.29) is 5.69 Å². The van der Waals surface area contributed by atoms with E-state index in [9.17, 15) is 4.79 Å². The minimum atomic E-state index is -0.473. The van der Waals surface area contributed by atoms with E-state index in [1.54, 1.807) is 12.4 Å². The maximum atomic E-state index is 13.0. The molecule has 0 saturated heterocycles. The molecule has 0 aliphatic heterocycles. The Bertz CT molecular complexity index is 1310. The lowest BCUT2D eigenvalue weighted by Gasteiger charge is -2.11. The standard InChI is InChI=1S/C26H19N2O2/c29-26(24-18-28(15-14-27-24)17-19-8-2-1-3-9-19)30-25-22-12-6-4-10-20(22)16-21-11-5-7-13-23(21)25/h1-16,18H,17H2/q+1. The van der Waals surface area contributed by atoms with Gasteiger partial charge in [0.15, 0.2) is 12.7 Å². The van der Waals surface area contributed by atoms with Gasteiger partial charge in [0, 0.05) is 16.3 Å². The number of nitrogens with zero attached hydrogens (tertiary/aromatic N) is 2. The van der Waals surface area contributed by atoms with Crippen molar-refractivity contribution in [1.82, 2.24) is 4.98 Å². The Morgan fingerprint density at radius 2 is 1.47 bits per heavy atom. The molecule has 0 spiro atoms. The number of benzene rings is 4. The maximum absolute atomic E-state index is 13.0. The van der Waals surface area contributed by atoms with Gasteiger partial charge in [-0.1, -0.05) is 78.9 Å². The molecule has 0 amide bonds. The Balaban J connectivity index is 1.51. The minimum Gasteiger partial charge on any atom is -0.420 e. The van der Waals surface area contributed by atoms with Crippen LogP contribution in [0.15, 0.2) is 104 Å². The zero-order valence-electron chi connectivity index (χ0n) is 16.2. The van der Waals surface area contributed by atoms with Crippen LogP contribution >= 0.6 is 0 Å². The fraction of sp³-hybridized carbons (Fsp3) is 0.0385. The molecular formula is C26H19N2O2+. The lowest BCUT2D eigenvalue weighted by Crippen LogP contribution is -2.35. The summed E-state index contributed by atoms with van der Waals surface area (Å²) in [4.78, 5) is 17.2. The number of fused-ring (bicyclic) bond motifs is 2. The molecule has 0 unspecified atom stereocenters. The van der Waals surface area contributed by atoms with Crippen molar-refractivity contribution in [3.05, 3.63) is 115 Å². The summed E-state index contributed by atoms with van der Waals surface area (Å²) >= 11 is 0. The van der Waals surface area contributed by atoms with Gasteiger partial charge >= 0.3 is 5.97 Å². The number of carbonyl (C=O) groups is 1. The third-order valence-electron chi connectivity index (χ3n) is 5.09. The highest BCUT2D eigenvalue weighted by Gasteiger charge is 2.18. The van der Waals surface area contributed by atoms with E-state index < -0.39 is 5.97 Å². The second kappa shape index (κ2) is 7.76. The monoisotopic (exact) mass is 391 g/mol. The smallest absolute Gasteiger partial charge is 0.368 e. The quantitative estimate of drug-likeness (QED) is 0.189. The molecule has 0 N–H and O–H groups in total. The number of hydrogen-bond acceptors (Lipinski definition) is 3. The van der Waals surface area contributed by atoms with Crippen LogP contribution < -0.4 is 9.30 Å². The Labute approximate surface area is 174 Å². The van der Waals surface area contributed by atoms with Crippen LogP contribution in [0, 0.1) is 0 Å². The molecule has 30 heavy (non-hydrogen) atoms. The zero-order chi connectivity index (χ0) is 20.3. The van der Waals surface area contributed by atoms with Gasteiger partial charge in [-0.05, 0) is 16.8 Å². The lowest BCUT2D eigenvalue weighted by molar-refractivity contribution is -0.689. The summed E-state index contributed by atoms with van der Waals surface area (Å²) < 4.78 is 7.85. The molecule has 144 valence electrons. The maximum Gasteiger partial charge on any atom is 0.368 e. The summed E-state index contributed by atoms with van der Waals surface area (Å²) in [6.07, 6.45) is 5.19. The number of esters is 1. The number of hydrogen-bond donors (Lipinski definition) is 0. The van der Waals surface area contributed by atoms with Crippen LogP contribution in [0.1, 0.15) is 16.1 Å². The fourth-order valence-corrected chi connectivity index (χ4v) is 3.66. The second-order valence-electron chi connectivity index (χ2n) is 7.14. The van der Waals surface area contributed by atoms with E-state index in [2.05, 4.69) is 11.1 Å². The summed E-state index contributed by atoms with van der Waals surface area (Å²) in [5.41, 5.74) is 1.42. The van der Waals surface area contributed by atoms with Crippen molar-refractivity contribution in [2.75, 3.05) is 0 Å². The van der Waals surface area contributed by atoms with Gasteiger partial charge in [0.1, 0.15) is 5.75 Å². The predicted molar refractivity (Wildman–Crippen MR) is 116 cm³/mol. The van der Waals surface area contributed by atoms with Crippen LogP contribution in [-0.2, 0) is 6.54 Å². The highest BCUT2D eigenvalue weighted by molar-refractivity contribution is 6.07. The number of ether oxygens (including phenoxy) is 1. The number of aromatic nitrogens is 2. The Kier molecular flexibility index (Phi) is 4.66. The van der Waals surface area contributed by atoms with Gasteiger partial charge in [0.25, 0.3) is 0 Å². The molecule has 5 rings (SSSR count). The minimum absolute atomic E-state index is 0.269. The first-order chi connectivity index (χ1) is 14.8. The third-order valence-corrected chi connectivity index (χ3v) is 5.09. The average molecular weight is 391 g/mol. The van der Waals surface area contributed by atoms with Crippen molar-refractivity contribution in [3.8, 4) is 5.75 Å². The van der Waals surface area contributed by atoms with Gasteiger partial charge in [-0.3, -0.25) is 0 Å². The van der Waals surface area contributed by atoms with Crippen molar-refractivity contribution in [2.24, 2.45) is 0 Å².